The Morgan fingerprint density at radius 1 is 1.10 bits per heavy atom. The molecule has 4 nitrogen and oxygen atoms in total. The number of unbranched alkanes of at least 4 members (excludes halogenated alkanes) is 1. The lowest BCUT2D eigenvalue weighted by molar-refractivity contribution is -0.248. The molecule has 0 amide bonds. The van der Waals surface area contributed by atoms with Gasteiger partial charge in [-0.2, -0.15) is 5.26 Å². The summed E-state index contributed by atoms with van der Waals surface area (Å²) in [6.45, 7) is 10.6. The van der Waals surface area contributed by atoms with Crippen LogP contribution >= 0.6 is 0 Å². The first-order chi connectivity index (χ1) is 9.17. The van der Waals surface area contributed by atoms with E-state index in [1.54, 1.807) is 0 Å². The molecule has 0 radical (unpaired) electrons. The zero-order valence-electron chi connectivity index (χ0n) is 13.7. The van der Waals surface area contributed by atoms with Crippen LogP contribution in [0, 0.1) is 16.7 Å². The maximum atomic E-state index is 11.9. The monoisotopic (exact) mass is 288 g/mol. The first-order valence-electron chi connectivity index (χ1n) is 7.64. The second-order valence-corrected chi connectivity index (χ2v) is 7.33. The lowest BCUT2D eigenvalue weighted by Gasteiger charge is -2.33. The molecular formula is C16H32O4. The third-order valence-electron chi connectivity index (χ3n) is 4.31. The SMILES string of the molecule is CC(CCCC(C)(C)C)C(C)(CCCCO)C(=O)OO. The van der Waals surface area contributed by atoms with Gasteiger partial charge in [0.1, 0.15) is 0 Å². The van der Waals surface area contributed by atoms with Gasteiger partial charge in [-0.1, -0.05) is 40.5 Å². The normalized spacial score (nSPS) is 16.6. The standard InChI is InChI=1S/C16H32O4/c1-13(9-8-10-15(2,3)4)16(5,14(18)20-19)11-6-7-12-17/h13,17,19H,6-12H2,1-5H3. The molecule has 4 heteroatoms. The van der Waals surface area contributed by atoms with Crippen molar-refractivity contribution < 1.29 is 20.0 Å². The van der Waals surface area contributed by atoms with E-state index in [1.165, 1.54) is 0 Å². The predicted molar refractivity (Wildman–Crippen MR) is 80.2 cm³/mol. The fraction of sp³-hybridized carbons (Fsp3) is 0.938. The fourth-order valence-corrected chi connectivity index (χ4v) is 2.52. The van der Waals surface area contributed by atoms with E-state index in [4.69, 9.17) is 10.4 Å². The first kappa shape index (κ1) is 19.4. The molecule has 0 aromatic rings. The Labute approximate surface area is 123 Å². The van der Waals surface area contributed by atoms with E-state index >= 15 is 0 Å². The highest BCUT2D eigenvalue weighted by molar-refractivity contribution is 5.76. The molecule has 2 unspecified atom stereocenters. The Bertz CT molecular complexity index is 283. The quantitative estimate of drug-likeness (QED) is 0.382. The highest BCUT2D eigenvalue weighted by Gasteiger charge is 2.40. The third kappa shape index (κ3) is 6.71. The number of hydrogen-bond acceptors (Lipinski definition) is 4. The Hall–Kier alpha value is -0.610. The molecule has 0 fully saturated rings. The fourth-order valence-electron chi connectivity index (χ4n) is 2.52. The molecule has 0 aliphatic carbocycles. The van der Waals surface area contributed by atoms with Crippen molar-refractivity contribution in [2.24, 2.45) is 16.7 Å². The van der Waals surface area contributed by atoms with Gasteiger partial charge in [0.25, 0.3) is 0 Å². The van der Waals surface area contributed by atoms with E-state index in [1.807, 2.05) is 13.8 Å². The van der Waals surface area contributed by atoms with Crippen LogP contribution in [0.15, 0.2) is 0 Å². The van der Waals surface area contributed by atoms with Crippen LogP contribution in [-0.2, 0) is 9.68 Å². The minimum atomic E-state index is -0.679. The average molecular weight is 288 g/mol. The van der Waals surface area contributed by atoms with Gasteiger partial charge in [0.05, 0.1) is 5.41 Å². The van der Waals surface area contributed by atoms with Crippen LogP contribution in [0.1, 0.15) is 73.1 Å². The molecule has 2 N–H and O–H groups in total. The number of rotatable bonds is 9. The summed E-state index contributed by atoms with van der Waals surface area (Å²) in [4.78, 5) is 15.9. The van der Waals surface area contributed by atoms with Gasteiger partial charge in [0, 0.05) is 6.61 Å². The number of aliphatic hydroxyl groups is 1. The lowest BCUT2D eigenvalue weighted by atomic mass is 9.71. The second kappa shape index (κ2) is 8.63. The minimum Gasteiger partial charge on any atom is -0.396 e. The van der Waals surface area contributed by atoms with E-state index in [0.29, 0.717) is 18.3 Å². The summed E-state index contributed by atoms with van der Waals surface area (Å²) in [5.41, 5.74) is -0.383. The number of carbonyl (C=O) groups excluding carboxylic acids is 1. The van der Waals surface area contributed by atoms with E-state index in [9.17, 15) is 4.79 Å². The molecular weight excluding hydrogens is 256 g/mol. The molecule has 2 atom stereocenters. The molecule has 120 valence electrons. The molecule has 0 aliphatic rings. The first-order valence-corrected chi connectivity index (χ1v) is 7.64. The molecule has 0 saturated carbocycles. The maximum Gasteiger partial charge on any atom is 0.348 e. The van der Waals surface area contributed by atoms with Crippen molar-refractivity contribution in [3.8, 4) is 0 Å². The molecule has 20 heavy (non-hydrogen) atoms. The highest BCUT2D eigenvalue weighted by Crippen LogP contribution is 2.38. The van der Waals surface area contributed by atoms with Crippen LogP contribution < -0.4 is 0 Å². The Morgan fingerprint density at radius 2 is 1.70 bits per heavy atom. The van der Waals surface area contributed by atoms with Gasteiger partial charge in [-0.3, -0.25) is 0 Å². The summed E-state index contributed by atoms with van der Waals surface area (Å²) in [5, 5.41) is 17.6. The van der Waals surface area contributed by atoms with Gasteiger partial charge in [-0.15, -0.1) is 0 Å². The summed E-state index contributed by atoms with van der Waals surface area (Å²) < 4.78 is 0. The predicted octanol–water partition coefficient (Wildman–Crippen LogP) is 4.02. The summed E-state index contributed by atoms with van der Waals surface area (Å²) in [6, 6.07) is 0. The smallest absolute Gasteiger partial charge is 0.348 e. The van der Waals surface area contributed by atoms with Gasteiger partial charge in [-0.25, -0.2) is 4.79 Å². The summed E-state index contributed by atoms with van der Waals surface area (Å²) in [5.74, 6) is -0.415. The molecule has 0 aliphatic heterocycles. The van der Waals surface area contributed by atoms with Crippen molar-refractivity contribution in [3.05, 3.63) is 0 Å². The number of aliphatic hydroxyl groups excluding tert-OH is 1. The van der Waals surface area contributed by atoms with Gasteiger partial charge >= 0.3 is 5.97 Å². The molecule has 0 saturated heterocycles. The van der Waals surface area contributed by atoms with Crippen LogP contribution in [0.2, 0.25) is 0 Å². The summed E-state index contributed by atoms with van der Waals surface area (Å²) in [6.07, 6.45) is 5.15. The second-order valence-electron chi connectivity index (χ2n) is 7.33. The van der Waals surface area contributed by atoms with Gasteiger partial charge in [-0.05, 0) is 43.9 Å². The molecule has 0 aromatic heterocycles. The minimum absolute atomic E-state index is 0.128. The molecule has 0 heterocycles. The molecule has 0 bridgehead atoms. The van der Waals surface area contributed by atoms with Crippen LogP contribution in [0.5, 0.6) is 0 Å². The van der Waals surface area contributed by atoms with Crippen molar-refractivity contribution in [1.29, 1.82) is 0 Å². The van der Waals surface area contributed by atoms with E-state index in [2.05, 4.69) is 25.7 Å². The third-order valence-corrected chi connectivity index (χ3v) is 4.31. The Kier molecular flexibility index (Phi) is 8.36. The van der Waals surface area contributed by atoms with E-state index in [-0.39, 0.29) is 12.5 Å². The highest BCUT2D eigenvalue weighted by atomic mass is 17.1. The largest absolute Gasteiger partial charge is 0.396 e. The van der Waals surface area contributed by atoms with Gasteiger partial charge < -0.3 is 9.99 Å². The van der Waals surface area contributed by atoms with Crippen molar-refractivity contribution in [3.63, 3.8) is 0 Å². The van der Waals surface area contributed by atoms with Crippen LogP contribution in [0.4, 0.5) is 0 Å². The molecule has 0 aromatic carbocycles. The van der Waals surface area contributed by atoms with Crippen LogP contribution in [-0.4, -0.2) is 22.9 Å². The number of hydrogen-bond donors (Lipinski definition) is 2. The van der Waals surface area contributed by atoms with Crippen molar-refractivity contribution >= 4 is 5.97 Å². The zero-order valence-corrected chi connectivity index (χ0v) is 13.7. The lowest BCUT2D eigenvalue weighted by Crippen LogP contribution is -2.36. The van der Waals surface area contributed by atoms with E-state index < -0.39 is 11.4 Å². The average Bonchev–Trinajstić information content (AvgIpc) is 2.36. The van der Waals surface area contributed by atoms with E-state index in [0.717, 1.165) is 25.7 Å². The molecule has 0 spiro atoms. The molecule has 0 rings (SSSR count). The van der Waals surface area contributed by atoms with Crippen LogP contribution in [0.25, 0.3) is 0 Å². The van der Waals surface area contributed by atoms with Crippen molar-refractivity contribution in [2.45, 2.75) is 73.1 Å². The van der Waals surface area contributed by atoms with Crippen LogP contribution in [0.3, 0.4) is 0 Å². The zero-order chi connectivity index (χ0) is 15.8. The maximum absolute atomic E-state index is 11.9. The van der Waals surface area contributed by atoms with Crippen molar-refractivity contribution in [1.82, 2.24) is 0 Å². The Morgan fingerprint density at radius 3 is 2.15 bits per heavy atom. The summed E-state index contributed by atoms with van der Waals surface area (Å²) in [7, 11) is 0. The van der Waals surface area contributed by atoms with Gasteiger partial charge in [0.15, 0.2) is 0 Å². The summed E-state index contributed by atoms with van der Waals surface area (Å²) >= 11 is 0. The van der Waals surface area contributed by atoms with Gasteiger partial charge in [0.2, 0.25) is 0 Å². The van der Waals surface area contributed by atoms with Crippen molar-refractivity contribution in [2.75, 3.05) is 6.61 Å². The Balaban J connectivity index is 4.55. The number of carbonyl (C=O) groups is 1. The topological polar surface area (TPSA) is 66.8 Å².